The van der Waals surface area contributed by atoms with Crippen LogP contribution in [0.2, 0.25) is 0 Å². The molecule has 2 aromatic carbocycles. The van der Waals surface area contributed by atoms with Crippen molar-refractivity contribution in [2.24, 2.45) is 0 Å². The third-order valence-electron chi connectivity index (χ3n) is 11.6. The number of aromatic nitrogens is 3. The lowest BCUT2D eigenvalue weighted by Crippen LogP contribution is -2.51. The number of alkyl carbamates (subject to hydrolysis) is 1. The molecule has 2 atom stereocenters. The van der Waals surface area contributed by atoms with Gasteiger partial charge in [0, 0.05) is 63.9 Å². The minimum atomic E-state index is -1.14. The Bertz CT molecular complexity index is 2040. The maximum absolute atomic E-state index is 14.1. The summed E-state index contributed by atoms with van der Waals surface area (Å²) in [5.41, 5.74) is 1.58. The van der Waals surface area contributed by atoms with E-state index in [9.17, 15) is 19.2 Å². The molecule has 0 spiro atoms. The first kappa shape index (κ1) is 44.2. The zero-order chi connectivity index (χ0) is 42.7. The number of aromatic amines is 2. The van der Waals surface area contributed by atoms with E-state index in [4.69, 9.17) is 14.5 Å². The Morgan fingerprint density at radius 2 is 1.62 bits per heavy atom. The van der Waals surface area contributed by atoms with E-state index in [1.807, 2.05) is 59.6 Å². The summed E-state index contributed by atoms with van der Waals surface area (Å²) in [6, 6.07) is 16.5. The number of hydrogen-bond acceptors (Lipinski definition) is 8. The van der Waals surface area contributed by atoms with Gasteiger partial charge in [0.05, 0.1) is 11.5 Å². The van der Waals surface area contributed by atoms with Crippen LogP contribution >= 0.6 is 0 Å². The van der Waals surface area contributed by atoms with E-state index in [2.05, 4.69) is 36.9 Å². The standard InChI is InChI=1S/C46H64N8O6.2H2/c1-45(2,3)60-41(55)37(20-12-13-23-47-44(58)59-31-32-16-8-6-9-17-32)50-42(56)46(4,5)39-30-49-40(52-39)38(28-33-29-48-36-19-11-10-18-35(33)36)51-43(57)54-26-21-34(22-27-54)53-24-14-7-15-25-53;;/h6,8-11,16-19,29-30,34,37-38,48H,7,12-15,20-28,31H2,1-5H3,(H,47,58)(H,49,52)(H,50,56)(H,51,57);2*1H/t37-,38-;;/m1../s1. The van der Waals surface area contributed by atoms with Crippen LogP contribution in [-0.2, 0) is 37.5 Å². The number of urea groups is 1. The molecule has 5 N–H and O–H groups in total. The highest BCUT2D eigenvalue weighted by Crippen LogP contribution is 2.28. The van der Waals surface area contributed by atoms with Crippen molar-refractivity contribution in [1.82, 2.24) is 40.7 Å². The minimum Gasteiger partial charge on any atom is -0.458 e. The lowest BCUT2D eigenvalue weighted by atomic mass is 9.88. The van der Waals surface area contributed by atoms with Crippen LogP contribution in [0.4, 0.5) is 9.59 Å². The fourth-order valence-corrected chi connectivity index (χ4v) is 8.05. The molecule has 2 aliphatic rings. The predicted molar refractivity (Wildman–Crippen MR) is 235 cm³/mol. The first-order chi connectivity index (χ1) is 28.8. The van der Waals surface area contributed by atoms with Gasteiger partial charge in [-0.05, 0) is 110 Å². The summed E-state index contributed by atoms with van der Waals surface area (Å²) in [6.07, 6.45) is 10.7. The van der Waals surface area contributed by atoms with Crippen molar-refractivity contribution in [3.63, 3.8) is 0 Å². The summed E-state index contributed by atoms with van der Waals surface area (Å²) in [4.78, 5) is 69.7. The van der Waals surface area contributed by atoms with E-state index in [-0.39, 0.29) is 21.4 Å². The van der Waals surface area contributed by atoms with Crippen LogP contribution in [0.25, 0.3) is 10.9 Å². The van der Waals surface area contributed by atoms with Crippen molar-refractivity contribution in [3.8, 4) is 0 Å². The fraction of sp³-hybridized carbons (Fsp3) is 0.543. The van der Waals surface area contributed by atoms with Gasteiger partial charge in [-0.25, -0.2) is 19.4 Å². The highest BCUT2D eigenvalue weighted by atomic mass is 16.6. The largest absolute Gasteiger partial charge is 0.458 e. The summed E-state index contributed by atoms with van der Waals surface area (Å²) < 4.78 is 11.0. The molecule has 6 rings (SSSR count). The van der Waals surface area contributed by atoms with E-state index < -0.39 is 35.2 Å². The number of H-pyrrole nitrogens is 2. The van der Waals surface area contributed by atoms with Crippen molar-refractivity contribution in [2.45, 2.75) is 128 Å². The Morgan fingerprint density at radius 3 is 2.35 bits per heavy atom. The number of carbonyl (C=O) groups excluding carboxylic acids is 4. The third-order valence-corrected chi connectivity index (χ3v) is 11.6. The van der Waals surface area contributed by atoms with E-state index in [1.54, 1.807) is 40.8 Å². The molecule has 2 fully saturated rings. The van der Waals surface area contributed by atoms with Crippen LogP contribution in [0.3, 0.4) is 0 Å². The number of rotatable bonds is 16. The van der Waals surface area contributed by atoms with Crippen LogP contribution in [0, 0.1) is 0 Å². The Labute approximate surface area is 356 Å². The molecule has 4 aromatic rings. The molecule has 2 saturated heterocycles. The second kappa shape index (κ2) is 20.3. The normalized spacial score (nSPS) is 16.5. The second-order valence-electron chi connectivity index (χ2n) is 17.7. The van der Waals surface area contributed by atoms with E-state index in [1.165, 1.54) is 19.3 Å². The average Bonchev–Trinajstić information content (AvgIpc) is 3.91. The SMILES string of the molecule is CC(C)(C)OC(=O)[C@@H](CCCCNC(=O)OCc1ccccc1)NC(=O)C(C)(C)c1cnc([C@@H](Cc2c[nH]c3ccccc23)NC(=O)N2CCC(N3CCCCC3)CC2)[nH]1.[HH].[HH]. The number of fused-ring (bicyclic) bond motifs is 1. The second-order valence-corrected chi connectivity index (χ2v) is 17.7. The first-order valence-electron chi connectivity index (χ1n) is 21.6. The minimum absolute atomic E-state index is 0. The Balaban J connectivity index is 0.00000422. The molecule has 4 heterocycles. The summed E-state index contributed by atoms with van der Waals surface area (Å²) >= 11 is 0. The first-order valence-corrected chi connectivity index (χ1v) is 21.6. The molecule has 4 amide bonds. The molecule has 2 aromatic heterocycles. The van der Waals surface area contributed by atoms with Gasteiger partial charge < -0.3 is 45.2 Å². The van der Waals surface area contributed by atoms with Crippen molar-refractivity contribution in [2.75, 3.05) is 32.7 Å². The monoisotopic (exact) mass is 829 g/mol. The molecule has 328 valence electrons. The molecule has 0 unspecified atom stereocenters. The number of imidazole rings is 1. The summed E-state index contributed by atoms with van der Waals surface area (Å²) in [7, 11) is 0. The number of benzene rings is 2. The van der Waals surface area contributed by atoms with Gasteiger partial charge in [-0.1, -0.05) is 55.0 Å². The number of carbonyl (C=O) groups is 4. The topological polar surface area (TPSA) is 174 Å². The molecular weight excluding hydrogens is 761 g/mol. The third kappa shape index (κ3) is 12.1. The molecule has 0 saturated carbocycles. The molecule has 60 heavy (non-hydrogen) atoms. The lowest BCUT2D eigenvalue weighted by Gasteiger charge is -2.40. The maximum Gasteiger partial charge on any atom is 0.407 e. The van der Waals surface area contributed by atoms with Gasteiger partial charge in [-0.3, -0.25) is 4.79 Å². The number of esters is 1. The zero-order valence-corrected chi connectivity index (χ0v) is 36.0. The van der Waals surface area contributed by atoms with Crippen molar-refractivity contribution in [3.05, 3.63) is 89.6 Å². The summed E-state index contributed by atoms with van der Waals surface area (Å²) in [5, 5.41) is 10.1. The van der Waals surface area contributed by atoms with Gasteiger partial charge >= 0.3 is 18.1 Å². The number of para-hydroxylation sites is 1. The highest BCUT2D eigenvalue weighted by molar-refractivity contribution is 5.91. The van der Waals surface area contributed by atoms with Gasteiger partial charge in [0.25, 0.3) is 0 Å². The number of unbranched alkanes of at least 4 members (excludes halogenated alkanes) is 1. The van der Waals surface area contributed by atoms with Crippen molar-refractivity contribution < 1.29 is 31.5 Å². The van der Waals surface area contributed by atoms with Gasteiger partial charge in [0.2, 0.25) is 5.91 Å². The Kier molecular flexibility index (Phi) is 14.9. The molecule has 14 heteroatoms. The lowest BCUT2D eigenvalue weighted by molar-refractivity contribution is -0.159. The number of nitrogens with zero attached hydrogens (tertiary/aromatic N) is 3. The van der Waals surface area contributed by atoms with E-state index in [0.717, 1.165) is 48.0 Å². The number of hydrogen-bond donors (Lipinski definition) is 5. The number of nitrogens with one attached hydrogen (secondary N) is 5. The quantitative estimate of drug-likeness (QED) is 0.0570. The van der Waals surface area contributed by atoms with Crippen LogP contribution in [-0.4, -0.2) is 99.2 Å². The van der Waals surface area contributed by atoms with Crippen molar-refractivity contribution >= 4 is 34.9 Å². The predicted octanol–water partition coefficient (Wildman–Crippen LogP) is 7.53. The molecular formula is C46H68N8O6. The van der Waals surface area contributed by atoms with Gasteiger partial charge in [0.1, 0.15) is 24.1 Å². The molecule has 14 nitrogen and oxygen atoms in total. The number of piperidine rings is 2. The number of ether oxygens (including phenoxy) is 2. The van der Waals surface area contributed by atoms with E-state index in [0.29, 0.717) is 62.9 Å². The number of likely N-dealkylation sites (tertiary alicyclic amines) is 2. The van der Waals surface area contributed by atoms with Gasteiger partial charge in [0.15, 0.2) is 0 Å². The van der Waals surface area contributed by atoms with Crippen LogP contribution in [0.5, 0.6) is 0 Å². The molecule has 0 radical (unpaired) electrons. The number of amides is 4. The fourth-order valence-electron chi connectivity index (χ4n) is 8.05. The van der Waals surface area contributed by atoms with Crippen LogP contribution in [0.15, 0.2) is 67.0 Å². The maximum atomic E-state index is 14.1. The Hall–Kier alpha value is -5.37. The van der Waals surface area contributed by atoms with Gasteiger partial charge in [-0.2, -0.15) is 0 Å². The molecule has 2 aliphatic heterocycles. The van der Waals surface area contributed by atoms with Crippen LogP contribution < -0.4 is 16.0 Å². The molecule has 0 bridgehead atoms. The van der Waals surface area contributed by atoms with Crippen molar-refractivity contribution in [1.29, 1.82) is 0 Å². The van der Waals surface area contributed by atoms with Crippen LogP contribution in [0.1, 0.15) is 118 Å². The van der Waals surface area contributed by atoms with E-state index >= 15 is 0 Å². The Morgan fingerprint density at radius 1 is 0.900 bits per heavy atom. The smallest absolute Gasteiger partial charge is 0.407 e. The molecule has 0 aliphatic carbocycles. The average molecular weight is 829 g/mol. The highest BCUT2D eigenvalue weighted by Gasteiger charge is 2.37. The summed E-state index contributed by atoms with van der Waals surface area (Å²) in [6.45, 7) is 13.1. The van der Waals surface area contributed by atoms with Gasteiger partial charge in [-0.15, -0.1) is 0 Å². The zero-order valence-electron chi connectivity index (χ0n) is 36.0. The summed E-state index contributed by atoms with van der Waals surface area (Å²) in [5.74, 6) is -0.384.